The van der Waals surface area contributed by atoms with Crippen LogP contribution in [0, 0.1) is 11.8 Å². The van der Waals surface area contributed by atoms with Crippen LogP contribution in [0.25, 0.3) is 0 Å². The Hall–Kier alpha value is -1.46. The van der Waals surface area contributed by atoms with Crippen molar-refractivity contribution in [3.8, 4) is 0 Å². The molecule has 2 N–H and O–H groups in total. The number of ether oxygens (including phenoxy) is 1. The Kier molecular flexibility index (Phi) is 11.1. The van der Waals surface area contributed by atoms with Gasteiger partial charge in [0.05, 0.1) is 25.2 Å². The number of rotatable bonds is 13. The van der Waals surface area contributed by atoms with Crippen molar-refractivity contribution >= 4 is 11.8 Å². The molecular weight excluding hydrogens is 332 g/mol. The van der Waals surface area contributed by atoms with Gasteiger partial charge in [0.15, 0.2) is 5.78 Å². The average Bonchev–Trinajstić information content (AvgIpc) is 3.00. The van der Waals surface area contributed by atoms with E-state index in [1.807, 2.05) is 12.2 Å². The molecule has 1 aliphatic carbocycles. The van der Waals surface area contributed by atoms with Gasteiger partial charge in [-0.1, -0.05) is 57.3 Å². The lowest BCUT2D eigenvalue weighted by Gasteiger charge is -2.21. The van der Waals surface area contributed by atoms with E-state index in [2.05, 4.69) is 11.7 Å². The summed E-state index contributed by atoms with van der Waals surface area (Å²) in [6.07, 6.45) is 12.9. The largest absolute Gasteiger partial charge is 0.469 e. The highest BCUT2D eigenvalue weighted by Crippen LogP contribution is 2.29. The van der Waals surface area contributed by atoms with Crippen molar-refractivity contribution in [2.24, 2.45) is 11.8 Å². The van der Waals surface area contributed by atoms with E-state index in [1.54, 1.807) is 6.08 Å². The summed E-state index contributed by atoms with van der Waals surface area (Å²) in [5.41, 5.74) is 0. The highest BCUT2D eigenvalue weighted by Gasteiger charge is 2.34. The Balaban J connectivity index is 2.39. The molecule has 148 valence electrons. The van der Waals surface area contributed by atoms with E-state index in [9.17, 15) is 19.8 Å². The van der Waals surface area contributed by atoms with Crippen molar-refractivity contribution in [3.63, 3.8) is 0 Å². The molecule has 4 unspecified atom stereocenters. The van der Waals surface area contributed by atoms with Crippen LogP contribution < -0.4 is 0 Å². The van der Waals surface area contributed by atoms with E-state index >= 15 is 0 Å². The molecule has 26 heavy (non-hydrogen) atoms. The molecule has 0 aromatic carbocycles. The monoisotopic (exact) mass is 366 g/mol. The Morgan fingerprint density at radius 3 is 2.62 bits per heavy atom. The van der Waals surface area contributed by atoms with Gasteiger partial charge in [0.2, 0.25) is 0 Å². The van der Waals surface area contributed by atoms with E-state index in [4.69, 9.17) is 0 Å². The Labute approximate surface area is 157 Å². The van der Waals surface area contributed by atoms with E-state index in [0.29, 0.717) is 12.8 Å². The van der Waals surface area contributed by atoms with Crippen LogP contribution in [0.4, 0.5) is 0 Å². The predicted molar refractivity (Wildman–Crippen MR) is 102 cm³/mol. The maximum Gasteiger partial charge on any atom is 0.305 e. The summed E-state index contributed by atoms with van der Waals surface area (Å²) in [5, 5.41) is 20.4. The van der Waals surface area contributed by atoms with Crippen LogP contribution >= 0.6 is 0 Å². The molecule has 0 fully saturated rings. The third-order valence-corrected chi connectivity index (χ3v) is 4.91. The molecule has 0 aliphatic heterocycles. The van der Waals surface area contributed by atoms with Crippen LogP contribution in [0.1, 0.15) is 64.7 Å². The lowest BCUT2D eigenvalue weighted by Crippen LogP contribution is -2.29. The summed E-state index contributed by atoms with van der Waals surface area (Å²) in [5.74, 6) is -0.895. The van der Waals surface area contributed by atoms with Crippen LogP contribution in [-0.2, 0) is 14.3 Å². The molecule has 0 spiro atoms. The van der Waals surface area contributed by atoms with Gasteiger partial charge >= 0.3 is 5.97 Å². The molecule has 0 saturated heterocycles. The van der Waals surface area contributed by atoms with Crippen molar-refractivity contribution in [3.05, 3.63) is 24.3 Å². The van der Waals surface area contributed by atoms with Crippen LogP contribution in [0.3, 0.4) is 0 Å². The zero-order valence-electron chi connectivity index (χ0n) is 16.1. The second kappa shape index (κ2) is 12.8. The molecule has 5 nitrogen and oxygen atoms in total. The molecule has 0 radical (unpaired) electrons. The second-order valence-corrected chi connectivity index (χ2v) is 7.06. The lowest BCUT2D eigenvalue weighted by molar-refractivity contribution is -0.140. The normalized spacial score (nSPS) is 22.1. The number of carbonyl (C=O) groups is 2. The molecule has 0 amide bonds. The zero-order chi connectivity index (χ0) is 19.4. The maximum absolute atomic E-state index is 12.1. The summed E-state index contributed by atoms with van der Waals surface area (Å²) < 4.78 is 4.59. The zero-order valence-corrected chi connectivity index (χ0v) is 16.1. The molecule has 1 aliphatic rings. The number of ketones is 1. The van der Waals surface area contributed by atoms with Crippen molar-refractivity contribution in [1.29, 1.82) is 0 Å². The first kappa shape index (κ1) is 22.6. The molecule has 0 aromatic heterocycles. The van der Waals surface area contributed by atoms with Gasteiger partial charge in [0.1, 0.15) is 0 Å². The van der Waals surface area contributed by atoms with E-state index in [-0.39, 0.29) is 17.7 Å². The van der Waals surface area contributed by atoms with E-state index in [1.165, 1.54) is 13.2 Å². The minimum absolute atomic E-state index is 0.0535. The number of carbonyl (C=O) groups excluding carboxylic acids is 2. The molecule has 1 rings (SSSR count). The SMILES string of the molecule is CCCCCC(O)/C=C/C1C=CC(=O)C1C(O)CCCCCC(=O)OC. The number of hydrogen-bond donors (Lipinski definition) is 2. The lowest BCUT2D eigenvalue weighted by atomic mass is 9.86. The Morgan fingerprint density at radius 2 is 1.92 bits per heavy atom. The first-order valence-corrected chi connectivity index (χ1v) is 9.82. The van der Waals surface area contributed by atoms with Crippen LogP contribution in [0.15, 0.2) is 24.3 Å². The summed E-state index contributed by atoms with van der Waals surface area (Å²) >= 11 is 0. The van der Waals surface area contributed by atoms with Gasteiger partial charge < -0.3 is 14.9 Å². The van der Waals surface area contributed by atoms with Gasteiger partial charge in [0, 0.05) is 12.3 Å². The van der Waals surface area contributed by atoms with Crippen molar-refractivity contribution in [2.45, 2.75) is 76.9 Å². The van der Waals surface area contributed by atoms with Crippen LogP contribution in [-0.4, -0.2) is 41.3 Å². The summed E-state index contributed by atoms with van der Waals surface area (Å²) in [6, 6.07) is 0. The Morgan fingerprint density at radius 1 is 1.19 bits per heavy atom. The minimum Gasteiger partial charge on any atom is -0.469 e. The summed E-state index contributed by atoms with van der Waals surface area (Å²) in [7, 11) is 1.37. The summed E-state index contributed by atoms with van der Waals surface area (Å²) in [4.78, 5) is 23.2. The number of allylic oxidation sites excluding steroid dienone is 3. The maximum atomic E-state index is 12.1. The van der Waals surface area contributed by atoms with Gasteiger partial charge in [-0.05, 0) is 25.3 Å². The van der Waals surface area contributed by atoms with Crippen LogP contribution in [0.5, 0.6) is 0 Å². The molecule has 0 bridgehead atoms. The van der Waals surface area contributed by atoms with E-state index in [0.717, 1.165) is 44.9 Å². The topological polar surface area (TPSA) is 83.8 Å². The number of unbranched alkanes of at least 4 members (excludes halogenated alkanes) is 4. The van der Waals surface area contributed by atoms with Gasteiger partial charge in [-0.15, -0.1) is 0 Å². The molecular formula is C21H34O5. The highest BCUT2D eigenvalue weighted by molar-refractivity contribution is 5.95. The van der Waals surface area contributed by atoms with E-state index < -0.39 is 18.1 Å². The van der Waals surface area contributed by atoms with Gasteiger partial charge in [-0.25, -0.2) is 0 Å². The smallest absolute Gasteiger partial charge is 0.305 e. The van der Waals surface area contributed by atoms with Gasteiger partial charge in [-0.2, -0.15) is 0 Å². The fraction of sp³-hybridized carbons (Fsp3) is 0.714. The van der Waals surface area contributed by atoms with Crippen molar-refractivity contribution in [1.82, 2.24) is 0 Å². The van der Waals surface area contributed by atoms with Gasteiger partial charge in [-0.3, -0.25) is 9.59 Å². The number of methoxy groups -OCH3 is 1. The first-order chi connectivity index (χ1) is 12.5. The predicted octanol–water partition coefficient (Wildman–Crippen LogP) is 3.34. The van der Waals surface area contributed by atoms with Crippen molar-refractivity contribution < 1.29 is 24.5 Å². The summed E-state index contributed by atoms with van der Waals surface area (Å²) in [6.45, 7) is 2.12. The quantitative estimate of drug-likeness (QED) is 0.297. The standard InChI is InChI=1S/C21H34O5/c1-3-4-6-9-17(22)14-12-16-13-15-19(24)21(16)18(23)10-7-5-8-11-20(25)26-2/h12-18,21-23H,3-11H2,1-2H3/b14-12+. The molecule has 4 atom stereocenters. The third-order valence-electron chi connectivity index (χ3n) is 4.91. The fourth-order valence-electron chi connectivity index (χ4n) is 3.29. The van der Waals surface area contributed by atoms with Crippen molar-refractivity contribution in [2.75, 3.05) is 7.11 Å². The number of esters is 1. The number of aliphatic hydroxyl groups excluding tert-OH is 2. The average molecular weight is 366 g/mol. The fourth-order valence-corrected chi connectivity index (χ4v) is 3.29. The molecule has 0 saturated carbocycles. The van der Waals surface area contributed by atoms with Gasteiger partial charge in [0.25, 0.3) is 0 Å². The molecule has 5 heteroatoms. The first-order valence-electron chi connectivity index (χ1n) is 9.82. The number of aliphatic hydroxyl groups is 2. The minimum atomic E-state index is -0.706. The Bertz CT molecular complexity index is 483. The third kappa shape index (κ3) is 8.28. The number of hydrogen-bond acceptors (Lipinski definition) is 5. The molecule has 0 aromatic rings. The molecule has 0 heterocycles. The van der Waals surface area contributed by atoms with Crippen LogP contribution in [0.2, 0.25) is 0 Å². The highest BCUT2D eigenvalue weighted by atomic mass is 16.5. The second-order valence-electron chi connectivity index (χ2n) is 7.06.